The van der Waals surface area contributed by atoms with Crippen molar-refractivity contribution >= 4 is 0 Å². The van der Waals surface area contributed by atoms with Crippen LogP contribution in [0.3, 0.4) is 0 Å². The quantitative estimate of drug-likeness (QED) is 0.797. The minimum Gasteiger partial charge on any atom is -0.496 e. The number of aryl methyl sites for hydroxylation is 1. The Morgan fingerprint density at radius 1 is 1.44 bits per heavy atom. The third kappa shape index (κ3) is 2.54. The molecule has 0 radical (unpaired) electrons. The fourth-order valence-corrected chi connectivity index (χ4v) is 1.89. The van der Waals surface area contributed by atoms with Crippen molar-refractivity contribution in [2.24, 2.45) is 5.73 Å². The number of ether oxygens (including phenoxy) is 1. The van der Waals surface area contributed by atoms with Crippen LogP contribution < -0.4 is 10.5 Å². The predicted molar refractivity (Wildman–Crippen MR) is 65.8 cm³/mol. The van der Waals surface area contributed by atoms with E-state index in [2.05, 4.69) is 13.0 Å². The molecule has 0 aliphatic heterocycles. The van der Waals surface area contributed by atoms with E-state index in [0.29, 0.717) is 13.0 Å². The molecule has 0 aromatic heterocycles. The highest BCUT2D eigenvalue weighted by molar-refractivity contribution is 5.42. The highest BCUT2D eigenvalue weighted by atomic mass is 16.5. The Hall–Kier alpha value is -1.06. The van der Waals surface area contributed by atoms with Crippen LogP contribution in [0.15, 0.2) is 18.2 Å². The average molecular weight is 223 g/mol. The molecule has 90 valence electrons. The van der Waals surface area contributed by atoms with Crippen molar-refractivity contribution in [1.29, 1.82) is 0 Å². The van der Waals surface area contributed by atoms with Crippen LogP contribution in [0.25, 0.3) is 0 Å². The molecule has 0 bridgehead atoms. The molecule has 1 unspecified atom stereocenters. The lowest BCUT2D eigenvalue weighted by Crippen LogP contribution is -2.33. The normalized spacial score (nSPS) is 14.6. The van der Waals surface area contributed by atoms with Gasteiger partial charge in [-0.25, -0.2) is 0 Å². The molecular formula is C13H21NO2. The van der Waals surface area contributed by atoms with Gasteiger partial charge in [-0.2, -0.15) is 0 Å². The topological polar surface area (TPSA) is 55.5 Å². The fourth-order valence-electron chi connectivity index (χ4n) is 1.89. The maximum absolute atomic E-state index is 9.13. The van der Waals surface area contributed by atoms with E-state index in [1.807, 2.05) is 19.1 Å². The molecule has 3 nitrogen and oxygen atoms in total. The van der Waals surface area contributed by atoms with Crippen LogP contribution in [0.2, 0.25) is 0 Å². The molecule has 0 saturated heterocycles. The van der Waals surface area contributed by atoms with Crippen molar-refractivity contribution in [3.05, 3.63) is 29.3 Å². The molecule has 3 heteroatoms. The van der Waals surface area contributed by atoms with E-state index in [1.165, 1.54) is 5.56 Å². The van der Waals surface area contributed by atoms with Gasteiger partial charge in [-0.1, -0.05) is 24.6 Å². The van der Waals surface area contributed by atoms with Gasteiger partial charge in [0.2, 0.25) is 0 Å². The van der Waals surface area contributed by atoms with Gasteiger partial charge in [0, 0.05) is 24.1 Å². The SMILES string of the molecule is COc1ccc(C)cc1C(C)(CN)CCO. The summed E-state index contributed by atoms with van der Waals surface area (Å²) in [4.78, 5) is 0. The van der Waals surface area contributed by atoms with Crippen LogP contribution in [0.4, 0.5) is 0 Å². The van der Waals surface area contributed by atoms with Crippen molar-refractivity contribution < 1.29 is 9.84 Å². The van der Waals surface area contributed by atoms with E-state index < -0.39 is 0 Å². The van der Waals surface area contributed by atoms with E-state index >= 15 is 0 Å². The molecule has 3 N–H and O–H groups in total. The van der Waals surface area contributed by atoms with E-state index in [-0.39, 0.29) is 12.0 Å². The lowest BCUT2D eigenvalue weighted by atomic mass is 9.78. The Balaban J connectivity index is 3.21. The molecule has 1 aromatic rings. The average Bonchev–Trinajstić information content (AvgIpc) is 2.29. The summed E-state index contributed by atoms with van der Waals surface area (Å²) in [6.45, 7) is 4.72. The van der Waals surface area contributed by atoms with Gasteiger partial charge < -0.3 is 15.6 Å². The molecule has 0 aliphatic carbocycles. The number of aliphatic hydroxyl groups is 1. The molecule has 16 heavy (non-hydrogen) atoms. The number of rotatable bonds is 5. The van der Waals surface area contributed by atoms with Gasteiger partial charge >= 0.3 is 0 Å². The largest absolute Gasteiger partial charge is 0.496 e. The Morgan fingerprint density at radius 2 is 2.12 bits per heavy atom. The molecule has 0 heterocycles. The van der Waals surface area contributed by atoms with Crippen molar-refractivity contribution in [3.63, 3.8) is 0 Å². The van der Waals surface area contributed by atoms with Crippen LogP contribution in [0, 0.1) is 6.92 Å². The Labute approximate surface area is 97.2 Å². The standard InChI is InChI=1S/C13H21NO2/c1-10-4-5-12(16-3)11(8-10)13(2,9-14)6-7-15/h4-5,8,15H,6-7,9,14H2,1-3H3. The van der Waals surface area contributed by atoms with Gasteiger partial charge in [0.1, 0.15) is 5.75 Å². The van der Waals surface area contributed by atoms with Crippen LogP contribution in [0.1, 0.15) is 24.5 Å². The maximum Gasteiger partial charge on any atom is 0.122 e. The zero-order chi connectivity index (χ0) is 12.2. The van der Waals surface area contributed by atoms with E-state index in [9.17, 15) is 0 Å². The summed E-state index contributed by atoms with van der Waals surface area (Å²) < 4.78 is 5.36. The second kappa shape index (κ2) is 5.32. The zero-order valence-corrected chi connectivity index (χ0v) is 10.3. The first-order valence-electron chi connectivity index (χ1n) is 5.53. The first-order chi connectivity index (χ1) is 7.57. The summed E-state index contributed by atoms with van der Waals surface area (Å²) in [6, 6.07) is 6.05. The highest BCUT2D eigenvalue weighted by Crippen LogP contribution is 2.34. The molecule has 0 spiro atoms. The number of aliphatic hydroxyl groups excluding tert-OH is 1. The van der Waals surface area contributed by atoms with Crippen LogP contribution in [-0.4, -0.2) is 25.4 Å². The predicted octanol–water partition coefficient (Wildman–Crippen LogP) is 1.60. The van der Waals surface area contributed by atoms with Crippen molar-refractivity contribution in [2.45, 2.75) is 25.7 Å². The van der Waals surface area contributed by atoms with E-state index in [1.54, 1.807) is 7.11 Å². The monoisotopic (exact) mass is 223 g/mol. The number of hydrogen-bond acceptors (Lipinski definition) is 3. The van der Waals surface area contributed by atoms with Gasteiger partial charge in [0.05, 0.1) is 7.11 Å². The molecule has 1 atom stereocenters. The third-order valence-electron chi connectivity index (χ3n) is 3.12. The molecule has 1 rings (SSSR count). The smallest absolute Gasteiger partial charge is 0.122 e. The number of methoxy groups -OCH3 is 1. The zero-order valence-electron chi connectivity index (χ0n) is 10.3. The summed E-state index contributed by atoms with van der Waals surface area (Å²) in [5.74, 6) is 0.840. The number of nitrogens with two attached hydrogens (primary N) is 1. The Morgan fingerprint density at radius 3 is 2.62 bits per heavy atom. The number of hydrogen-bond donors (Lipinski definition) is 2. The van der Waals surface area contributed by atoms with Gasteiger partial charge in [0.15, 0.2) is 0 Å². The first kappa shape index (κ1) is 13.0. The second-order valence-corrected chi connectivity index (χ2v) is 4.44. The van der Waals surface area contributed by atoms with Crippen molar-refractivity contribution in [1.82, 2.24) is 0 Å². The molecule has 0 fully saturated rings. The van der Waals surface area contributed by atoms with Gasteiger partial charge in [-0.3, -0.25) is 0 Å². The highest BCUT2D eigenvalue weighted by Gasteiger charge is 2.27. The lowest BCUT2D eigenvalue weighted by Gasteiger charge is -2.29. The van der Waals surface area contributed by atoms with E-state index in [4.69, 9.17) is 15.6 Å². The second-order valence-electron chi connectivity index (χ2n) is 4.44. The van der Waals surface area contributed by atoms with Crippen LogP contribution in [0.5, 0.6) is 5.75 Å². The van der Waals surface area contributed by atoms with Gasteiger partial charge in [-0.15, -0.1) is 0 Å². The summed E-state index contributed by atoms with van der Waals surface area (Å²) in [6.07, 6.45) is 0.642. The van der Waals surface area contributed by atoms with Crippen molar-refractivity contribution in [3.8, 4) is 5.75 Å². The summed E-state index contributed by atoms with van der Waals surface area (Å²) >= 11 is 0. The molecule has 0 aliphatic rings. The van der Waals surface area contributed by atoms with Gasteiger partial charge in [0.25, 0.3) is 0 Å². The lowest BCUT2D eigenvalue weighted by molar-refractivity contribution is 0.244. The Kier molecular flexibility index (Phi) is 4.33. The summed E-state index contributed by atoms with van der Waals surface area (Å²) in [7, 11) is 1.66. The Bertz CT molecular complexity index is 352. The van der Waals surface area contributed by atoms with Crippen LogP contribution in [-0.2, 0) is 5.41 Å². The third-order valence-corrected chi connectivity index (χ3v) is 3.12. The van der Waals surface area contributed by atoms with E-state index in [0.717, 1.165) is 11.3 Å². The van der Waals surface area contributed by atoms with Crippen molar-refractivity contribution in [2.75, 3.05) is 20.3 Å². The maximum atomic E-state index is 9.13. The minimum atomic E-state index is -0.230. The molecule has 0 saturated carbocycles. The summed E-state index contributed by atoms with van der Waals surface area (Å²) in [5, 5.41) is 9.13. The fraction of sp³-hybridized carbons (Fsp3) is 0.538. The summed E-state index contributed by atoms with van der Waals surface area (Å²) in [5.41, 5.74) is 7.85. The number of benzene rings is 1. The minimum absolute atomic E-state index is 0.130. The van der Waals surface area contributed by atoms with Gasteiger partial charge in [-0.05, 0) is 19.4 Å². The van der Waals surface area contributed by atoms with Crippen LogP contribution >= 0.6 is 0 Å². The molecule has 0 amide bonds. The molecular weight excluding hydrogens is 202 g/mol. The first-order valence-corrected chi connectivity index (χ1v) is 5.53. The molecule has 1 aromatic carbocycles.